The highest BCUT2D eigenvalue weighted by Gasteiger charge is 2.54. The molecular formula is C79H139NO18. The molecule has 17 unspecified atom stereocenters. The zero-order valence-electron chi connectivity index (χ0n) is 60.5. The molecule has 0 radical (unpaired) electrons. The molecule has 568 valence electrons. The first-order valence-electron chi connectivity index (χ1n) is 38.8. The Morgan fingerprint density at radius 3 is 1.09 bits per heavy atom. The molecule has 0 aromatic rings. The monoisotopic (exact) mass is 1390 g/mol. The van der Waals surface area contributed by atoms with Crippen LogP contribution in [0.4, 0.5) is 0 Å². The van der Waals surface area contributed by atoms with E-state index in [1.807, 2.05) is 0 Å². The third kappa shape index (κ3) is 39.6. The van der Waals surface area contributed by atoms with Crippen molar-refractivity contribution in [3.05, 3.63) is 85.1 Å². The molecule has 3 aliphatic rings. The second-order valence-corrected chi connectivity index (χ2v) is 27.4. The number of rotatable bonds is 60. The summed E-state index contributed by atoms with van der Waals surface area (Å²) in [5, 5.41) is 121. The summed E-state index contributed by atoms with van der Waals surface area (Å²) in [6.07, 6.45) is 50.9. The Morgan fingerprint density at radius 1 is 0.378 bits per heavy atom. The van der Waals surface area contributed by atoms with Crippen molar-refractivity contribution in [1.82, 2.24) is 5.32 Å². The highest BCUT2D eigenvalue weighted by Crippen LogP contribution is 2.33. The highest BCUT2D eigenvalue weighted by atomic mass is 16.8. The maximum Gasteiger partial charge on any atom is 0.220 e. The number of aliphatic hydroxyl groups is 11. The molecule has 3 heterocycles. The molecule has 0 saturated carbocycles. The van der Waals surface area contributed by atoms with E-state index in [-0.39, 0.29) is 18.9 Å². The van der Waals surface area contributed by atoms with Gasteiger partial charge in [-0.3, -0.25) is 4.79 Å². The number of carbonyl (C=O) groups excluding carboxylic acids is 1. The van der Waals surface area contributed by atoms with Crippen molar-refractivity contribution in [3.8, 4) is 0 Å². The van der Waals surface area contributed by atoms with Gasteiger partial charge in [0.25, 0.3) is 0 Å². The van der Waals surface area contributed by atoms with Crippen LogP contribution in [0.25, 0.3) is 0 Å². The van der Waals surface area contributed by atoms with E-state index < -0.39 is 124 Å². The Balaban J connectivity index is 1.40. The molecule has 0 aromatic carbocycles. The molecule has 3 rings (SSSR count). The van der Waals surface area contributed by atoms with Gasteiger partial charge in [-0.15, -0.1) is 0 Å². The first-order valence-corrected chi connectivity index (χ1v) is 38.8. The molecule has 0 spiro atoms. The Morgan fingerprint density at radius 2 is 0.704 bits per heavy atom. The third-order valence-electron chi connectivity index (χ3n) is 19.0. The number of unbranched alkanes of at least 4 members (excludes halogenated alkanes) is 30. The van der Waals surface area contributed by atoms with Gasteiger partial charge in [0.15, 0.2) is 18.9 Å². The zero-order valence-corrected chi connectivity index (χ0v) is 60.5. The molecule has 3 fully saturated rings. The molecular weight excluding hydrogens is 1250 g/mol. The lowest BCUT2D eigenvalue weighted by Gasteiger charge is -2.48. The van der Waals surface area contributed by atoms with Crippen LogP contribution in [0, 0.1) is 0 Å². The Labute approximate surface area is 590 Å². The lowest BCUT2D eigenvalue weighted by atomic mass is 9.96. The third-order valence-corrected chi connectivity index (χ3v) is 19.0. The van der Waals surface area contributed by atoms with Crippen LogP contribution in [-0.4, -0.2) is 193 Å². The van der Waals surface area contributed by atoms with Gasteiger partial charge in [-0.05, 0) is 70.6 Å². The standard InChI is InChI=1S/C79H139NO18/c1-3-5-7-9-11-13-15-17-19-21-23-25-27-29-30-31-33-34-36-38-40-42-44-46-48-50-52-54-56-63(84)62(80-67(85)57-55-53-51-49-47-45-43-41-39-37-35-32-28-26-24-22-20-18-16-14-12-10-8-6-4-2)61-93-77-73(91)70(88)75(65(59-82)95-77)98-79-74(92)71(89)76(66(60-83)96-79)97-78-72(90)69(87)68(86)64(58-81)94-78/h6,8,12,14,18,20,24,26,32,35,39,41,45,47,62-66,68-79,81-84,86-92H,3-5,7,9-11,13,15-17,19,21-23,25,27-31,33-34,36-38,40,42-44,46,48-61H2,1-2H3,(H,80,85)/b8-6-,14-12-,20-18-,26-24-,35-32-,41-39-,47-45-. The van der Waals surface area contributed by atoms with Crippen molar-refractivity contribution in [2.75, 3.05) is 26.4 Å². The largest absolute Gasteiger partial charge is 0.394 e. The Kier molecular flexibility index (Phi) is 54.0. The van der Waals surface area contributed by atoms with Crippen LogP contribution < -0.4 is 5.32 Å². The quantitative estimate of drug-likeness (QED) is 0.0199. The minimum atomic E-state index is -1.98. The molecule has 3 aliphatic heterocycles. The second-order valence-electron chi connectivity index (χ2n) is 27.4. The molecule has 0 aromatic heterocycles. The topological polar surface area (TPSA) is 307 Å². The first-order chi connectivity index (χ1) is 47.8. The second kappa shape index (κ2) is 59.4. The smallest absolute Gasteiger partial charge is 0.220 e. The molecule has 1 amide bonds. The van der Waals surface area contributed by atoms with Crippen molar-refractivity contribution >= 4 is 5.91 Å². The predicted octanol–water partition coefficient (Wildman–Crippen LogP) is 12.2. The molecule has 12 N–H and O–H groups in total. The molecule has 0 aliphatic carbocycles. The van der Waals surface area contributed by atoms with Crippen LogP contribution in [-0.2, 0) is 33.2 Å². The molecule has 19 nitrogen and oxygen atoms in total. The molecule has 17 atom stereocenters. The summed E-state index contributed by atoms with van der Waals surface area (Å²) in [6, 6.07) is -0.913. The van der Waals surface area contributed by atoms with E-state index in [0.717, 1.165) is 89.9 Å². The van der Waals surface area contributed by atoms with E-state index in [1.54, 1.807) is 0 Å². The van der Waals surface area contributed by atoms with Crippen LogP contribution in [0.15, 0.2) is 85.1 Å². The first kappa shape index (κ1) is 89.2. The van der Waals surface area contributed by atoms with E-state index in [4.69, 9.17) is 28.4 Å². The van der Waals surface area contributed by atoms with Crippen LogP contribution >= 0.6 is 0 Å². The zero-order chi connectivity index (χ0) is 71.1. The Bertz CT molecular complexity index is 2100. The summed E-state index contributed by atoms with van der Waals surface area (Å²) < 4.78 is 34.5. The van der Waals surface area contributed by atoms with Gasteiger partial charge >= 0.3 is 0 Å². The van der Waals surface area contributed by atoms with Crippen molar-refractivity contribution < 1.29 is 89.4 Å². The number of hydrogen-bond donors (Lipinski definition) is 12. The fraction of sp³-hybridized carbons (Fsp3) is 0.810. The average molecular weight is 1390 g/mol. The molecule has 19 heteroatoms. The van der Waals surface area contributed by atoms with Crippen molar-refractivity contribution in [2.45, 2.75) is 381 Å². The minimum absolute atomic E-state index is 0.222. The summed E-state index contributed by atoms with van der Waals surface area (Å²) in [5.41, 5.74) is 0. The maximum atomic E-state index is 13.5. The van der Waals surface area contributed by atoms with E-state index in [1.165, 1.54) is 154 Å². The van der Waals surface area contributed by atoms with E-state index >= 15 is 0 Å². The van der Waals surface area contributed by atoms with Gasteiger partial charge in [0, 0.05) is 6.42 Å². The Hall–Kier alpha value is -3.03. The number of ether oxygens (including phenoxy) is 6. The van der Waals surface area contributed by atoms with Gasteiger partial charge in [-0.2, -0.15) is 0 Å². The van der Waals surface area contributed by atoms with Crippen molar-refractivity contribution in [1.29, 1.82) is 0 Å². The minimum Gasteiger partial charge on any atom is -0.394 e. The fourth-order valence-electron chi connectivity index (χ4n) is 12.8. The number of nitrogens with one attached hydrogen (secondary N) is 1. The van der Waals surface area contributed by atoms with E-state index in [0.29, 0.717) is 12.8 Å². The van der Waals surface area contributed by atoms with Gasteiger partial charge in [0.05, 0.1) is 38.6 Å². The normalized spacial score (nSPS) is 27.2. The summed E-state index contributed by atoms with van der Waals surface area (Å²) >= 11 is 0. The van der Waals surface area contributed by atoms with Gasteiger partial charge in [-0.1, -0.05) is 285 Å². The van der Waals surface area contributed by atoms with Crippen molar-refractivity contribution in [2.24, 2.45) is 0 Å². The maximum absolute atomic E-state index is 13.5. The van der Waals surface area contributed by atoms with Crippen LogP contribution in [0.2, 0.25) is 0 Å². The number of carbonyl (C=O) groups is 1. The van der Waals surface area contributed by atoms with Crippen LogP contribution in [0.1, 0.15) is 277 Å². The van der Waals surface area contributed by atoms with Crippen LogP contribution in [0.3, 0.4) is 0 Å². The number of amides is 1. The SMILES string of the molecule is CC/C=C\C/C=C\C/C=C\C/C=C\C/C=C\C/C=C\C/C=C\CCCCCC(=O)NC(COC1OC(CO)C(OC2OC(CO)C(OC3OC(CO)C(O)C(O)C3O)C(O)C2O)C(O)C1O)C(O)CCCCCCCCCCCCCCCCCCCCCCCCCCCCCC. The van der Waals surface area contributed by atoms with Gasteiger partial charge < -0.3 is 89.9 Å². The van der Waals surface area contributed by atoms with Crippen molar-refractivity contribution in [3.63, 3.8) is 0 Å². The molecule has 0 bridgehead atoms. The lowest BCUT2D eigenvalue weighted by molar-refractivity contribution is -0.379. The number of allylic oxidation sites excluding steroid dienone is 14. The predicted molar refractivity (Wildman–Crippen MR) is 388 cm³/mol. The lowest BCUT2D eigenvalue weighted by Crippen LogP contribution is -2.66. The fourth-order valence-corrected chi connectivity index (χ4v) is 12.8. The molecule has 98 heavy (non-hydrogen) atoms. The van der Waals surface area contributed by atoms with E-state index in [2.05, 4.69) is 104 Å². The highest BCUT2D eigenvalue weighted by molar-refractivity contribution is 5.76. The van der Waals surface area contributed by atoms with Gasteiger partial charge in [-0.25, -0.2) is 0 Å². The summed E-state index contributed by atoms with van der Waals surface area (Å²) in [5.74, 6) is -0.275. The summed E-state index contributed by atoms with van der Waals surface area (Å²) in [7, 11) is 0. The van der Waals surface area contributed by atoms with Gasteiger partial charge in [0.1, 0.15) is 73.2 Å². The molecule has 3 saturated heterocycles. The summed E-state index contributed by atoms with van der Waals surface area (Å²) in [4.78, 5) is 13.5. The number of aliphatic hydroxyl groups excluding tert-OH is 11. The summed E-state index contributed by atoms with van der Waals surface area (Å²) in [6.45, 7) is 1.68. The van der Waals surface area contributed by atoms with Crippen LogP contribution in [0.5, 0.6) is 0 Å². The van der Waals surface area contributed by atoms with E-state index in [9.17, 15) is 61.0 Å². The number of hydrogen-bond acceptors (Lipinski definition) is 18. The van der Waals surface area contributed by atoms with Gasteiger partial charge in [0.2, 0.25) is 5.91 Å². The average Bonchev–Trinajstić information content (AvgIpc) is 0.784.